The maximum absolute atomic E-state index is 13.9. The molecule has 3 N–H and O–H groups in total. The number of nitrogens with zero attached hydrogens (tertiary/aromatic N) is 1. The van der Waals surface area contributed by atoms with Gasteiger partial charge in [-0.15, -0.1) is 0 Å². The van der Waals surface area contributed by atoms with Gasteiger partial charge in [0.15, 0.2) is 0 Å². The third kappa shape index (κ3) is 4.70. The van der Waals surface area contributed by atoms with Crippen LogP contribution in [0, 0.1) is 0 Å². The predicted octanol–water partition coefficient (Wildman–Crippen LogP) is 4.61. The fourth-order valence-electron chi connectivity index (χ4n) is 4.97. The number of H-pyrrole nitrogens is 1. The molecule has 4 aromatic rings. The van der Waals surface area contributed by atoms with Gasteiger partial charge in [-0.25, -0.2) is 13.9 Å². The number of carbonyl (C=O) groups excluding carboxylic acids is 1. The van der Waals surface area contributed by atoms with Crippen LogP contribution in [0.2, 0.25) is 0 Å². The van der Waals surface area contributed by atoms with E-state index in [1.807, 2.05) is 54.7 Å². The van der Waals surface area contributed by atoms with E-state index >= 15 is 0 Å². The first kappa shape index (κ1) is 24.0. The summed E-state index contributed by atoms with van der Waals surface area (Å²) in [6.45, 7) is 0.349. The molecule has 8 heteroatoms. The molecule has 0 aliphatic heterocycles. The van der Waals surface area contributed by atoms with Crippen molar-refractivity contribution in [1.29, 1.82) is 0 Å². The van der Waals surface area contributed by atoms with Crippen molar-refractivity contribution in [3.05, 3.63) is 107 Å². The molecule has 1 amide bonds. The van der Waals surface area contributed by atoms with Crippen molar-refractivity contribution in [2.75, 3.05) is 6.54 Å². The van der Waals surface area contributed by atoms with Crippen LogP contribution in [0.25, 0.3) is 17.0 Å². The molecule has 0 saturated heterocycles. The van der Waals surface area contributed by atoms with E-state index in [-0.39, 0.29) is 10.9 Å². The van der Waals surface area contributed by atoms with Gasteiger partial charge in [0.2, 0.25) is 10.0 Å². The number of para-hydroxylation sites is 1. The first-order valence-corrected chi connectivity index (χ1v) is 13.3. The summed E-state index contributed by atoms with van der Waals surface area (Å²) in [7, 11) is -3.74. The van der Waals surface area contributed by atoms with Gasteiger partial charge in [0, 0.05) is 29.7 Å². The number of hydrogen-bond acceptors (Lipinski definition) is 4. The van der Waals surface area contributed by atoms with Crippen LogP contribution in [0.1, 0.15) is 34.7 Å². The van der Waals surface area contributed by atoms with Crippen LogP contribution in [0.3, 0.4) is 0 Å². The van der Waals surface area contributed by atoms with E-state index in [0.717, 1.165) is 39.6 Å². The Labute approximate surface area is 210 Å². The first-order chi connectivity index (χ1) is 17.5. The average molecular weight is 502 g/mol. The maximum atomic E-state index is 13.9. The number of rotatable bonds is 8. The third-order valence-electron chi connectivity index (χ3n) is 6.72. The van der Waals surface area contributed by atoms with Gasteiger partial charge in [-0.2, -0.15) is 4.31 Å². The molecule has 0 saturated carbocycles. The Kier molecular flexibility index (Phi) is 6.73. The lowest BCUT2D eigenvalue weighted by Gasteiger charge is -2.29. The van der Waals surface area contributed by atoms with E-state index < -0.39 is 15.9 Å². The number of hydroxylamine groups is 1. The zero-order valence-corrected chi connectivity index (χ0v) is 20.4. The van der Waals surface area contributed by atoms with Gasteiger partial charge in [-0.3, -0.25) is 10.0 Å². The molecule has 36 heavy (non-hydrogen) atoms. The summed E-state index contributed by atoms with van der Waals surface area (Å²) in [5, 5.41) is 9.80. The molecule has 1 aliphatic rings. The number of benzene rings is 3. The summed E-state index contributed by atoms with van der Waals surface area (Å²) < 4.78 is 29.4. The highest BCUT2D eigenvalue weighted by Crippen LogP contribution is 2.39. The van der Waals surface area contributed by atoms with Crippen LogP contribution in [0.15, 0.2) is 90.0 Å². The van der Waals surface area contributed by atoms with E-state index in [4.69, 9.17) is 5.21 Å². The number of carbonyl (C=O) groups is 1. The van der Waals surface area contributed by atoms with Gasteiger partial charge in [0.25, 0.3) is 5.91 Å². The quantitative estimate of drug-likeness (QED) is 0.186. The van der Waals surface area contributed by atoms with Gasteiger partial charge in [0.1, 0.15) is 0 Å². The summed E-state index contributed by atoms with van der Waals surface area (Å²) in [6, 6.07) is 22.1. The molecule has 1 atom stereocenters. The molecule has 0 radical (unpaired) electrons. The number of amides is 1. The zero-order chi connectivity index (χ0) is 25.1. The number of nitrogens with one attached hydrogen (secondary N) is 2. The van der Waals surface area contributed by atoms with Crippen LogP contribution in [-0.4, -0.2) is 35.4 Å². The molecule has 1 aliphatic carbocycles. The SMILES string of the molecule is O=C(/C=C/c1ccc2c(c1)CCC2N(CCc1c[nH]c2ccccc12)S(=O)(=O)c1ccccc1)NO. The highest BCUT2D eigenvalue weighted by molar-refractivity contribution is 7.89. The summed E-state index contributed by atoms with van der Waals surface area (Å²) in [6.07, 6.45) is 6.83. The number of fused-ring (bicyclic) bond motifs is 2. The minimum atomic E-state index is -3.74. The average Bonchev–Trinajstić information content (AvgIpc) is 3.52. The molecule has 0 fully saturated rings. The minimum absolute atomic E-state index is 0.283. The fraction of sp³-hybridized carbons (Fsp3) is 0.179. The molecule has 0 spiro atoms. The van der Waals surface area contributed by atoms with E-state index in [2.05, 4.69) is 4.98 Å². The van der Waals surface area contributed by atoms with Crippen molar-refractivity contribution in [1.82, 2.24) is 14.8 Å². The lowest BCUT2D eigenvalue weighted by atomic mass is 10.0. The van der Waals surface area contributed by atoms with Gasteiger partial charge >= 0.3 is 0 Å². The summed E-state index contributed by atoms with van der Waals surface area (Å²) in [5.74, 6) is -0.606. The molecule has 7 nitrogen and oxygen atoms in total. The van der Waals surface area contributed by atoms with Crippen LogP contribution in [0.5, 0.6) is 0 Å². The maximum Gasteiger partial charge on any atom is 0.267 e. The van der Waals surface area contributed by atoms with Crippen LogP contribution in [0.4, 0.5) is 0 Å². The van der Waals surface area contributed by atoms with Crippen LogP contribution < -0.4 is 5.48 Å². The zero-order valence-electron chi connectivity index (χ0n) is 19.6. The number of aromatic amines is 1. The second-order valence-corrected chi connectivity index (χ2v) is 10.8. The van der Waals surface area contributed by atoms with Gasteiger partial charge in [0.05, 0.1) is 10.9 Å². The minimum Gasteiger partial charge on any atom is -0.361 e. The third-order valence-corrected chi connectivity index (χ3v) is 8.65. The Bertz CT molecular complexity index is 1530. The molecule has 1 heterocycles. The standard InChI is InChI=1S/C28H27N3O4S/c32-28(30-33)15-11-20-10-13-25-21(18-20)12-14-27(25)31(36(34,35)23-6-2-1-3-7-23)17-16-22-19-29-26-9-5-4-8-24(22)26/h1-11,13,15,18-19,27,29,33H,12,14,16-17H2,(H,30,32)/b15-11+. The van der Waals surface area contributed by atoms with Crippen molar-refractivity contribution >= 4 is 32.9 Å². The molecule has 5 rings (SSSR count). The molecule has 0 bridgehead atoms. The molecule has 1 unspecified atom stereocenters. The Balaban J connectivity index is 1.48. The lowest BCUT2D eigenvalue weighted by Crippen LogP contribution is -2.35. The second-order valence-electron chi connectivity index (χ2n) is 8.86. The van der Waals surface area contributed by atoms with Crippen LogP contribution in [-0.2, 0) is 27.7 Å². The normalized spacial score (nSPS) is 15.6. The summed E-state index contributed by atoms with van der Waals surface area (Å²) >= 11 is 0. The first-order valence-electron chi connectivity index (χ1n) is 11.8. The largest absolute Gasteiger partial charge is 0.361 e. The van der Waals surface area contributed by atoms with Crippen molar-refractivity contribution in [3.63, 3.8) is 0 Å². The van der Waals surface area contributed by atoms with Crippen LogP contribution >= 0.6 is 0 Å². The Hall–Kier alpha value is -3.72. The van der Waals surface area contributed by atoms with Crippen molar-refractivity contribution in [3.8, 4) is 0 Å². The molecular formula is C28H27N3O4S. The number of hydrogen-bond donors (Lipinski definition) is 3. The van der Waals surface area contributed by atoms with Gasteiger partial charge in [-0.05, 0) is 65.8 Å². The second kappa shape index (κ2) is 10.1. The lowest BCUT2D eigenvalue weighted by molar-refractivity contribution is -0.124. The highest BCUT2D eigenvalue weighted by Gasteiger charge is 2.36. The fourth-order valence-corrected chi connectivity index (χ4v) is 6.62. The van der Waals surface area contributed by atoms with E-state index in [1.165, 1.54) is 6.08 Å². The highest BCUT2D eigenvalue weighted by atomic mass is 32.2. The summed E-state index contributed by atoms with van der Waals surface area (Å²) in [5.41, 5.74) is 6.55. The monoisotopic (exact) mass is 501 g/mol. The van der Waals surface area contributed by atoms with E-state index in [9.17, 15) is 13.2 Å². The van der Waals surface area contributed by atoms with Crippen molar-refractivity contribution < 1.29 is 18.4 Å². The Morgan fingerprint density at radius 2 is 1.86 bits per heavy atom. The summed E-state index contributed by atoms with van der Waals surface area (Å²) in [4.78, 5) is 14.9. The Morgan fingerprint density at radius 1 is 1.08 bits per heavy atom. The smallest absolute Gasteiger partial charge is 0.267 e. The molecule has 1 aromatic heterocycles. The Morgan fingerprint density at radius 3 is 2.67 bits per heavy atom. The van der Waals surface area contributed by atoms with Crippen molar-refractivity contribution in [2.45, 2.75) is 30.2 Å². The van der Waals surface area contributed by atoms with Gasteiger partial charge in [-0.1, -0.05) is 54.6 Å². The molecular weight excluding hydrogens is 474 g/mol. The molecule has 3 aromatic carbocycles. The molecule has 184 valence electrons. The topological polar surface area (TPSA) is 103 Å². The van der Waals surface area contributed by atoms with E-state index in [0.29, 0.717) is 19.4 Å². The van der Waals surface area contributed by atoms with E-state index in [1.54, 1.807) is 40.1 Å². The number of sulfonamides is 1. The number of aromatic nitrogens is 1. The van der Waals surface area contributed by atoms with Gasteiger partial charge < -0.3 is 4.98 Å². The van der Waals surface area contributed by atoms with Crippen molar-refractivity contribution in [2.24, 2.45) is 0 Å². The predicted molar refractivity (Wildman–Crippen MR) is 139 cm³/mol. The number of aryl methyl sites for hydroxylation is 1.